The van der Waals surface area contributed by atoms with E-state index in [2.05, 4.69) is 214 Å². The van der Waals surface area contributed by atoms with Crippen molar-refractivity contribution in [2.45, 2.75) is 58.8 Å². The fourth-order valence-corrected chi connectivity index (χ4v) is 13.5. The molecule has 3 aliphatic heterocycles. The quantitative estimate of drug-likeness (QED) is 0.156. The van der Waals surface area contributed by atoms with Gasteiger partial charge in [-0.2, -0.15) is 0 Å². The van der Waals surface area contributed by atoms with Crippen LogP contribution in [0.2, 0.25) is 0 Å². The van der Waals surface area contributed by atoms with Gasteiger partial charge in [-0.05, 0) is 127 Å². The van der Waals surface area contributed by atoms with Crippen molar-refractivity contribution in [1.29, 1.82) is 0 Å². The Bertz CT molecular complexity index is 3960. The molecule has 1 aliphatic carbocycles. The first-order chi connectivity index (χ1) is 32.2. The predicted molar refractivity (Wildman–Crippen MR) is 279 cm³/mol. The van der Waals surface area contributed by atoms with Crippen molar-refractivity contribution in [3.63, 3.8) is 0 Å². The highest BCUT2D eigenvalue weighted by Crippen LogP contribution is 2.62. The molecule has 0 fully saturated rings. The van der Waals surface area contributed by atoms with Gasteiger partial charge in [0.1, 0.15) is 0 Å². The third-order valence-electron chi connectivity index (χ3n) is 16.3. The molecule has 0 saturated heterocycles. The van der Waals surface area contributed by atoms with Gasteiger partial charge in [-0.25, -0.2) is 0 Å². The summed E-state index contributed by atoms with van der Waals surface area (Å²) in [5.74, 6) is 0.717. The lowest BCUT2D eigenvalue weighted by atomic mass is 9.33. The summed E-state index contributed by atoms with van der Waals surface area (Å²) in [6, 6.07) is 64.1. The Hall–Kier alpha value is -7.36. The lowest BCUT2D eigenvalue weighted by Gasteiger charge is -2.44. The highest BCUT2D eigenvalue weighted by atomic mass is 15.1. The lowest BCUT2D eigenvalue weighted by molar-refractivity contribution is 0.742. The van der Waals surface area contributed by atoms with E-state index in [0.717, 1.165) is 0 Å². The Morgan fingerprint density at radius 3 is 1.76 bits per heavy atom. The van der Waals surface area contributed by atoms with Crippen LogP contribution in [0.3, 0.4) is 0 Å². The molecule has 1 spiro atoms. The summed E-state index contributed by atoms with van der Waals surface area (Å²) in [6.45, 7) is 14.1. The van der Waals surface area contributed by atoms with Crippen LogP contribution < -0.4 is 16.4 Å². The number of nitrogens with zero attached hydrogens (tertiary/aromatic N) is 2. The average Bonchev–Trinajstić information content (AvgIpc) is 3.96. The molecule has 2 nitrogen and oxygen atoms in total. The summed E-state index contributed by atoms with van der Waals surface area (Å²) >= 11 is 0. The Morgan fingerprint density at radius 2 is 1.08 bits per heavy atom. The minimum absolute atomic E-state index is 0.00764. The average molecular weight is 843 g/mol. The Kier molecular flexibility index (Phi) is 6.99. The molecule has 0 radical (unpaired) electrons. The first kappa shape index (κ1) is 36.9. The number of fused-ring (bicyclic) bond motifs is 13. The second-order valence-corrected chi connectivity index (χ2v) is 20.5. The first-order valence-corrected chi connectivity index (χ1v) is 24.0. The zero-order chi connectivity index (χ0) is 44.1. The maximum absolute atomic E-state index is 2.77. The van der Waals surface area contributed by atoms with Crippen molar-refractivity contribution in [3.05, 3.63) is 208 Å². The number of benzene rings is 9. The molecule has 0 amide bonds. The molecule has 0 unspecified atom stereocenters. The highest BCUT2D eigenvalue weighted by molar-refractivity contribution is 7.00. The summed E-state index contributed by atoms with van der Waals surface area (Å²) in [6.07, 6.45) is 0. The molecule has 4 aliphatic rings. The molecule has 9 aromatic carbocycles. The maximum Gasteiger partial charge on any atom is 0.252 e. The Morgan fingerprint density at radius 1 is 0.470 bits per heavy atom. The molecule has 0 saturated carbocycles. The first-order valence-electron chi connectivity index (χ1n) is 24.0. The fourth-order valence-electron chi connectivity index (χ4n) is 13.5. The van der Waals surface area contributed by atoms with E-state index in [0.29, 0.717) is 11.8 Å². The summed E-state index contributed by atoms with van der Waals surface area (Å²) in [5, 5.41) is 6.69. The van der Waals surface area contributed by atoms with E-state index in [1.54, 1.807) is 0 Å². The normalized spacial score (nSPS) is 14.3. The number of hydrogen-bond donors (Lipinski definition) is 0. The number of rotatable bonds is 4. The van der Waals surface area contributed by atoms with E-state index in [9.17, 15) is 0 Å². The third-order valence-corrected chi connectivity index (χ3v) is 16.3. The Labute approximate surface area is 385 Å². The molecule has 0 atom stereocenters. The van der Waals surface area contributed by atoms with Crippen LogP contribution in [-0.4, -0.2) is 15.8 Å². The molecule has 2 aromatic heterocycles. The van der Waals surface area contributed by atoms with E-state index in [-0.39, 0.29) is 6.71 Å². The molecular formula is C63H47BN2. The topological polar surface area (TPSA) is 9.86 Å². The second kappa shape index (κ2) is 12.5. The zero-order valence-electron chi connectivity index (χ0n) is 38.2. The molecule has 5 heterocycles. The minimum atomic E-state index is -0.531. The lowest BCUT2D eigenvalue weighted by Crippen LogP contribution is -2.60. The third kappa shape index (κ3) is 4.27. The fraction of sp³-hybridized carbons (Fsp3) is 0.143. The van der Waals surface area contributed by atoms with Crippen molar-refractivity contribution in [2.75, 3.05) is 0 Å². The van der Waals surface area contributed by atoms with Gasteiger partial charge < -0.3 is 9.13 Å². The largest absolute Gasteiger partial charge is 0.310 e. The van der Waals surface area contributed by atoms with Gasteiger partial charge in [-0.3, -0.25) is 0 Å². The van der Waals surface area contributed by atoms with Gasteiger partial charge in [0.25, 0.3) is 6.71 Å². The van der Waals surface area contributed by atoms with E-state index < -0.39 is 5.41 Å². The molecular weight excluding hydrogens is 796 g/mol. The van der Waals surface area contributed by atoms with Crippen LogP contribution in [0, 0.1) is 13.8 Å². The van der Waals surface area contributed by atoms with Crippen molar-refractivity contribution >= 4 is 66.6 Å². The highest BCUT2D eigenvalue weighted by Gasteiger charge is 2.55. The monoisotopic (exact) mass is 842 g/mol. The van der Waals surface area contributed by atoms with Crippen molar-refractivity contribution in [1.82, 2.24) is 9.13 Å². The van der Waals surface area contributed by atoms with Gasteiger partial charge in [0, 0.05) is 38.6 Å². The summed E-state index contributed by atoms with van der Waals surface area (Å²) in [5.41, 5.74) is 29.2. The summed E-state index contributed by atoms with van der Waals surface area (Å²) in [4.78, 5) is 0. The van der Waals surface area contributed by atoms with E-state index in [1.165, 1.54) is 149 Å². The molecule has 3 heteroatoms. The smallest absolute Gasteiger partial charge is 0.252 e. The predicted octanol–water partition coefficient (Wildman–Crippen LogP) is 13.9. The van der Waals surface area contributed by atoms with Gasteiger partial charge in [-0.15, -0.1) is 0 Å². The van der Waals surface area contributed by atoms with Gasteiger partial charge in [-0.1, -0.05) is 184 Å². The van der Waals surface area contributed by atoms with Crippen LogP contribution in [0.1, 0.15) is 84.0 Å². The van der Waals surface area contributed by atoms with Crippen molar-refractivity contribution in [2.24, 2.45) is 0 Å². The zero-order valence-corrected chi connectivity index (χ0v) is 38.2. The standard InChI is InChI=1S/C63H47BN2/c1-34(2)41-29-46-47-30-42(35(3)4)33-52-60(47)66-59(46)51(31-41)63(49-27-36(5)21-23-44(49)45-24-22-37(6)28-50(45)63)48-25-26-54-57(61(48)66)64(52)53-32-40-19-13-14-20-43(40)56-55(38-15-9-7-10-16-38)58(65(54)62(53)56)39-17-11-8-12-18-39/h7-35H,1-6H3. The van der Waals surface area contributed by atoms with Crippen LogP contribution in [0.25, 0.3) is 88.4 Å². The molecule has 66 heavy (non-hydrogen) atoms. The van der Waals surface area contributed by atoms with Gasteiger partial charge in [0.2, 0.25) is 0 Å². The molecule has 312 valence electrons. The van der Waals surface area contributed by atoms with E-state index in [1.807, 2.05) is 0 Å². The second-order valence-electron chi connectivity index (χ2n) is 20.5. The summed E-state index contributed by atoms with van der Waals surface area (Å²) < 4.78 is 5.47. The van der Waals surface area contributed by atoms with Crippen molar-refractivity contribution < 1.29 is 0 Å². The maximum atomic E-state index is 2.77. The molecule has 0 bridgehead atoms. The van der Waals surface area contributed by atoms with E-state index >= 15 is 0 Å². The number of aryl methyl sites for hydroxylation is 2. The van der Waals surface area contributed by atoms with Crippen LogP contribution in [0.4, 0.5) is 0 Å². The van der Waals surface area contributed by atoms with Gasteiger partial charge >= 0.3 is 0 Å². The van der Waals surface area contributed by atoms with Gasteiger partial charge in [0.05, 0.1) is 22.1 Å². The van der Waals surface area contributed by atoms with E-state index in [4.69, 9.17) is 0 Å². The number of aromatic nitrogens is 2. The molecule has 11 aromatic rings. The Balaban J connectivity index is 1.23. The van der Waals surface area contributed by atoms with Crippen LogP contribution in [0.5, 0.6) is 0 Å². The van der Waals surface area contributed by atoms with Crippen molar-refractivity contribution in [3.8, 4) is 44.9 Å². The van der Waals surface area contributed by atoms with Crippen LogP contribution >= 0.6 is 0 Å². The minimum Gasteiger partial charge on any atom is -0.310 e. The van der Waals surface area contributed by atoms with Crippen LogP contribution in [-0.2, 0) is 5.41 Å². The molecule has 15 rings (SSSR count). The van der Waals surface area contributed by atoms with Crippen LogP contribution in [0.15, 0.2) is 164 Å². The van der Waals surface area contributed by atoms with Gasteiger partial charge in [0.15, 0.2) is 0 Å². The molecule has 0 N–H and O–H groups in total. The summed E-state index contributed by atoms with van der Waals surface area (Å²) in [7, 11) is 0. The number of hydrogen-bond acceptors (Lipinski definition) is 0. The SMILES string of the molecule is Cc1ccc2c(c1)C1(c3cc(C)ccc3-2)c2ccc3c4c2-n2c5c(cc(C(C)C)cc5c5cc(C(C)C)cc1c52)B4c1cc2ccccc2c2c(-c4ccccc4)c(-c4ccccc4)n-3c12.